The van der Waals surface area contributed by atoms with Crippen LogP contribution in [0.3, 0.4) is 0 Å². The lowest BCUT2D eigenvalue weighted by atomic mass is 10.1. The lowest BCUT2D eigenvalue weighted by molar-refractivity contribution is 1.22. The smallest absolute Gasteiger partial charge is 0.0978 e. The molecule has 0 saturated carbocycles. The molecule has 2 nitrogen and oxygen atoms in total. The number of benzene rings is 1. The van der Waals surface area contributed by atoms with Gasteiger partial charge in [0.05, 0.1) is 11.0 Å². The molecule has 17 heavy (non-hydrogen) atoms. The Hall–Kier alpha value is -1.61. The summed E-state index contributed by atoms with van der Waals surface area (Å²) in [7, 11) is 0. The number of hydrogen-bond acceptors (Lipinski definition) is 3. The van der Waals surface area contributed by atoms with Gasteiger partial charge in [0.15, 0.2) is 0 Å². The van der Waals surface area contributed by atoms with Crippen molar-refractivity contribution >= 4 is 33.6 Å². The number of pyridine rings is 2. The van der Waals surface area contributed by atoms with E-state index in [4.69, 9.17) is 0 Å². The maximum atomic E-state index is 4.64. The van der Waals surface area contributed by atoms with E-state index < -0.39 is 0 Å². The first kappa shape index (κ1) is 10.5. The van der Waals surface area contributed by atoms with E-state index in [9.17, 15) is 0 Å². The summed E-state index contributed by atoms with van der Waals surface area (Å²) in [6.07, 6.45) is 3.92. The van der Waals surface area contributed by atoms with Gasteiger partial charge in [-0.25, -0.2) is 0 Å². The number of thioether (sulfide) groups is 1. The quantitative estimate of drug-likeness (QED) is 0.478. The number of fused-ring (bicyclic) bond motifs is 3. The Morgan fingerprint density at radius 2 is 2.00 bits per heavy atom. The number of hydrogen-bond donors (Lipinski definition) is 0. The largest absolute Gasteiger partial charge is 0.254 e. The first-order valence-corrected chi connectivity index (χ1v) is 6.71. The monoisotopic (exact) mass is 240 g/mol. The zero-order chi connectivity index (χ0) is 11.8. The fraction of sp³-hybridized carbons (Fsp3) is 0.143. The summed E-state index contributed by atoms with van der Waals surface area (Å²) in [5.41, 5.74) is 3.04. The Bertz CT molecular complexity index is 707. The van der Waals surface area contributed by atoms with Crippen molar-refractivity contribution in [3.8, 4) is 0 Å². The zero-order valence-corrected chi connectivity index (χ0v) is 10.6. The van der Waals surface area contributed by atoms with Crippen LogP contribution in [0.15, 0.2) is 41.4 Å². The van der Waals surface area contributed by atoms with Crippen LogP contribution >= 0.6 is 11.8 Å². The van der Waals surface area contributed by atoms with Gasteiger partial charge in [0.25, 0.3) is 0 Å². The molecule has 0 unspecified atom stereocenters. The molecule has 0 amide bonds. The van der Waals surface area contributed by atoms with E-state index in [0.717, 1.165) is 22.1 Å². The van der Waals surface area contributed by atoms with Gasteiger partial charge in [0, 0.05) is 27.6 Å². The Morgan fingerprint density at radius 3 is 2.82 bits per heavy atom. The zero-order valence-electron chi connectivity index (χ0n) is 9.77. The molecule has 3 aromatic rings. The molecule has 1 aromatic carbocycles. The first-order chi connectivity index (χ1) is 8.29. The SMILES string of the molecule is CSc1cc(C)nc2c1ccc1cccnc12. The highest BCUT2D eigenvalue weighted by Crippen LogP contribution is 2.29. The minimum absolute atomic E-state index is 0.990. The van der Waals surface area contributed by atoms with Crippen LogP contribution in [0.5, 0.6) is 0 Å². The topological polar surface area (TPSA) is 25.8 Å². The fourth-order valence-electron chi connectivity index (χ4n) is 2.09. The van der Waals surface area contributed by atoms with Crippen LogP contribution in [0, 0.1) is 6.92 Å². The first-order valence-electron chi connectivity index (χ1n) is 5.48. The second-order valence-corrected chi connectivity index (χ2v) is 4.85. The van der Waals surface area contributed by atoms with Gasteiger partial charge in [-0.3, -0.25) is 9.97 Å². The van der Waals surface area contributed by atoms with Gasteiger partial charge in [-0.15, -0.1) is 11.8 Å². The summed E-state index contributed by atoms with van der Waals surface area (Å²) >= 11 is 1.75. The third-order valence-corrected chi connectivity index (χ3v) is 3.64. The van der Waals surface area contributed by atoms with Crippen LogP contribution < -0.4 is 0 Å². The third-order valence-electron chi connectivity index (χ3n) is 2.86. The van der Waals surface area contributed by atoms with E-state index in [-0.39, 0.29) is 0 Å². The molecular formula is C14H12N2S. The van der Waals surface area contributed by atoms with Gasteiger partial charge in [0.1, 0.15) is 0 Å². The molecule has 0 spiro atoms. The molecule has 2 heterocycles. The molecule has 0 atom stereocenters. The molecule has 0 radical (unpaired) electrons. The van der Waals surface area contributed by atoms with E-state index in [2.05, 4.69) is 40.5 Å². The predicted molar refractivity (Wildman–Crippen MR) is 73.6 cm³/mol. The molecule has 2 aromatic heterocycles. The molecule has 0 fully saturated rings. The maximum absolute atomic E-state index is 4.64. The highest BCUT2D eigenvalue weighted by molar-refractivity contribution is 7.98. The van der Waals surface area contributed by atoms with Crippen molar-refractivity contribution < 1.29 is 0 Å². The fourth-order valence-corrected chi connectivity index (χ4v) is 2.76. The third kappa shape index (κ3) is 1.67. The van der Waals surface area contributed by atoms with Crippen LogP contribution in [0.4, 0.5) is 0 Å². The van der Waals surface area contributed by atoms with Gasteiger partial charge in [-0.2, -0.15) is 0 Å². The molecule has 3 rings (SSSR count). The molecule has 0 bridgehead atoms. The normalized spacial score (nSPS) is 11.2. The van der Waals surface area contributed by atoms with E-state index in [0.29, 0.717) is 0 Å². The molecule has 0 aliphatic carbocycles. The summed E-state index contributed by atoms with van der Waals surface area (Å²) in [6.45, 7) is 2.03. The lowest BCUT2D eigenvalue weighted by Gasteiger charge is -2.07. The van der Waals surface area contributed by atoms with Gasteiger partial charge in [-0.1, -0.05) is 18.2 Å². The molecule has 0 aliphatic heterocycles. The summed E-state index contributed by atoms with van der Waals surface area (Å²) in [5, 5.41) is 2.33. The summed E-state index contributed by atoms with van der Waals surface area (Å²) < 4.78 is 0. The average Bonchev–Trinajstić information content (AvgIpc) is 2.37. The van der Waals surface area contributed by atoms with Crippen molar-refractivity contribution in [2.45, 2.75) is 11.8 Å². The molecule has 84 valence electrons. The molecule has 0 saturated heterocycles. The summed E-state index contributed by atoms with van der Waals surface area (Å²) in [6, 6.07) is 10.4. The maximum Gasteiger partial charge on any atom is 0.0978 e. The van der Waals surface area contributed by atoms with E-state index >= 15 is 0 Å². The van der Waals surface area contributed by atoms with Crippen molar-refractivity contribution in [2.75, 3.05) is 6.26 Å². The van der Waals surface area contributed by atoms with Crippen LogP contribution in [-0.4, -0.2) is 16.2 Å². The van der Waals surface area contributed by atoms with Gasteiger partial charge >= 0.3 is 0 Å². The Kier molecular flexibility index (Phi) is 2.48. The molecule has 0 N–H and O–H groups in total. The molecule has 0 aliphatic rings. The van der Waals surface area contributed by atoms with Gasteiger partial charge < -0.3 is 0 Å². The highest BCUT2D eigenvalue weighted by atomic mass is 32.2. The number of rotatable bonds is 1. The molecule has 3 heteroatoms. The number of aryl methyl sites for hydroxylation is 1. The van der Waals surface area contributed by atoms with Crippen molar-refractivity contribution in [1.82, 2.24) is 9.97 Å². The van der Waals surface area contributed by atoms with E-state index in [1.165, 1.54) is 10.3 Å². The van der Waals surface area contributed by atoms with E-state index in [1.54, 1.807) is 11.8 Å². The Balaban J connectivity index is 2.54. The van der Waals surface area contributed by atoms with Crippen LogP contribution in [0.1, 0.15) is 5.69 Å². The van der Waals surface area contributed by atoms with Crippen molar-refractivity contribution in [1.29, 1.82) is 0 Å². The minimum atomic E-state index is 0.990. The number of nitrogens with zero attached hydrogens (tertiary/aromatic N) is 2. The van der Waals surface area contributed by atoms with Crippen LogP contribution in [0.25, 0.3) is 21.8 Å². The Morgan fingerprint density at radius 1 is 1.12 bits per heavy atom. The van der Waals surface area contributed by atoms with Gasteiger partial charge in [0.2, 0.25) is 0 Å². The summed E-state index contributed by atoms with van der Waals surface area (Å²) in [4.78, 5) is 10.4. The lowest BCUT2D eigenvalue weighted by Crippen LogP contribution is -1.89. The average molecular weight is 240 g/mol. The van der Waals surface area contributed by atoms with Crippen molar-refractivity contribution in [2.24, 2.45) is 0 Å². The van der Waals surface area contributed by atoms with Crippen LogP contribution in [-0.2, 0) is 0 Å². The van der Waals surface area contributed by atoms with Crippen molar-refractivity contribution in [3.05, 3.63) is 42.2 Å². The predicted octanol–water partition coefficient (Wildman–Crippen LogP) is 3.81. The van der Waals surface area contributed by atoms with Crippen LogP contribution in [0.2, 0.25) is 0 Å². The molecular weight excluding hydrogens is 228 g/mol. The van der Waals surface area contributed by atoms with E-state index in [1.807, 2.05) is 19.2 Å². The van der Waals surface area contributed by atoms with Gasteiger partial charge in [-0.05, 0) is 25.3 Å². The second kappa shape index (κ2) is 4.00. The Labute approximate surface area is 104 Å². The minimum Gasteiger partial charge on any atom is -0.254 e. The summed E-state index contributed by atoms with van der Waals surface area (Å²) in [5.74, 6) is 0. The highest BCUT2D eigenvalue weighted by Gasteiger charge is 2.07. The van der Waals surface area contributed by atoms with Crippen molar-refractivity contribution in [3.63, 3.8) is 0 Å². The second-order valence-electron chi connectivity index (χ2n) is 4.00. The standard InChI is InChI=1S/C14H12N2S/c1-9-8-12(17-2)11-6-5-10-4-3-7-15-13(10)14(11)16-9/h3-8H,1-2H3. The number of aromatic nitrogens is 2.